The van der Waals surface area contributed by atoms with E-state index in [1.807, 2.05) is 55.7 Å². The van der Waals surface area contributed by atoms with Gasteiger partial charge in [0.15, 0.2) is 6.73 Å². The molecule has 0 bridgehead atoms. The third-order valence-electron chi connectivity index (χ3n) is 4.41. The van der Waals surface area contributed by atoms with Crippen molar-refractivity contribution in [1.82, 2.24) is 24.9 Å². The van der Waals surface area contributed by atoms with E-state index in [1.165, 1.54) is 0 Å². The zero-order valence-electron chi connectivity index (χ0n) is 16.0. The van der Waals surface area contributed by atoms with Crippen LogP contribution in [-0.4, -0.2) is 25.5 Å². The van der Waals surface area contributed by atoms with Crippen molar-refractivity contribution >= 4 is 5.91 Å². The van der Waals surface area contributed by atoms with Crippen LogP contribution >= 0.6 is 0 Å². The van der Waals surface area contributed by atoms with Crippen molar-refractivity contribution in [3.63, 3.8) is 0 Å². The Hall–Kier alpha value is -3.87. The molecule has 0 aliphatic carbocycles. The summed E-state index contributed by atoms with van der Waals surface area (Å²) >= 11 is 0. The summed E-state index contributed by atoms with van der Waals surface area (Å²) in [7, 11) is 1.84. The van der Waals surface area contributed by atoms with E-state index in [0.29, 0.717) is 12.2 Å². The average Bonchev–Trinajstić information content (AvgIpc) is 3.40. The molecule has 2 aromatic heterocycles. The predicted octanol–water partition coefficient (Wildman–Crippen LogP) is 3.25. The molecule has 0 fully saturated rings. The second kappa shape index (κ2) is 8.43. The second-order valence-corrected chi connectivity index (χ2v) is 6.61. The Morgan fingerprint density at radius 1 is 1.03 bits per heavy atom. The topological polar surface area (TPSA) is 74.0 Å². The van der Waals surface area contributed by atoms with Crippen molar-refractivity contribution in [2.24, 2.45) is 7.05 Å². The number of aryl methyl sites for hydroxylation is 1. The lowest BCUT2D eigenvalue weighted by atomic mass is 10.1. The summed E-state index contributed by atoms with van der Waals surface area (Å²) in [6.07, 6.45) is 5.29. The fourth-order valence-corrected chi connectivity index (χ4v) is 2.91. The van der Waals surface area contributed by atoms with Gasteiger partial charge in [-0.25, -0.2) is 4.68 Å². The Balaban J connectivity index is 1.30. The van der Waals surface area contributed by atoms with Crippen LogP contribution in [0.3, 0.4) is 0 Å². The lowest BCUT2D eigenvalue weighted by Crippen LogP contribution is -2.23. The third kappa shape index (κ3) is 4.70. The lowest BCUT2D eigenvalue weighted by molar-refractivity contribution is 0.0944. The second-order valence-electron chi connectivity index (χ2n) is 6.61. The van der Waals surface area contributed by atoms with Gasteiger partial charge in [0.2, 0.25) is 0 Å². The molecule has 7 nitrogen and oxygen atoms in total. The largest absolute Gasteiger partial charge is 0.471 e. The molecule has 29 heavy (non-hydrogen) atoms. The maximum Gasteiger partial charge on any atom is 0.272 e. The Morgan fingerprint density at radius 3 is 2.52 bits per heavy atom. The molecular weight excluding hydrogens is 366 g/mol. The number of aromatic nitrogens is 4. The van der Waals surface area contributed by atoms with Gasteiger partial charge in [-0.3, -0.25) is 9.48 Å². The van der Waals surface area contributed by atoms with Crippen molar-refractivity contribution in [3.8, 4) is 16.9 Å². The summed E-state index contributed by atoms with van der Waals surface area (Å²) in [4.78, 5) is 12.2. The van der Waals surface area contributed by atoms with Crippen LogP contribution in [0.5, 0.6) is 5.75 Å². The van der Waals surface area contributed by atoms with Gasteiger partial charge in [-0.05, 0) is 29.3 Å². The van der Waals surface area contributed by atoms with Crippen LogP contribution in [-0.2, 0) is 20.3 Å². The van der Waals surface area contributed by atoms with Gasteiger partial charge >= 0.3 is 0 Å². The first-order chi connectivity index (χ1) is 14.2. The third-order valence-corrected chi connectivity index (χ3v) is 4.41. The Bertz CT molecular complexity index is 1080. The van der Waals surface area contributed by atoms with Crippen LogP contribution in [0.25, 0.3) is 11.1 Å². The average molecular weight is 387 g/mol. The zero-order valence-corrected chi connectivity index (χ0v) is 16.0. The first-order valence-electron chi connectivity index (χ1n) is 9.25. The highest BCUT2D eigenvalue weighted by molar-refractivity contribution is 5.92. The van der Waals surface area contributed by atoms with E-state index in [9.17, 15) is 4.79 Å². The van der Waals surface area contributed by atoms with Crippen molar-refractivity contribution in [2.45, 2.75) is 13.3 Å². The van der Waals surface area contributed by atoms with E-state index in [2.05, 4.69) is 27.6 Å². The summed E-state index contributed by atoms with van der Waals surface area (Å²) < 4.78 is 9.05. The van der Waals surface area contributed by atoms with E-state index in [0.717, 1.165) is 22.4 Å². The highest BCUT2D eigenvalue weighted by Gasteiger charge is 2.10. The van der Waals surface area contributed by atoms with E-state index in [1.54, 1.807) is 27.8 Å². The number of ether oxygens (including phenoxy) is 1. The van der Waals surface area contributed by atoms with Gasteiger partial charge in [0.1, 0.15) is 11.4 Å². The van der Waals surface area contributed by atoms with Crippen LogP contribution < -0.4 is 10.1 Å². The van der Waals surface area contributed by atoms with Crippen LogP contribution in [0.15, 0.2) is 79.3 Å². The minimum Gasteiger partial charge on any atom is -0.471 e. The van der Waals surface area contributed by atoms with Gasteiger partial charge < -0.3 is 10.1 Å². The van der Waals surface area contributed by atoms with Crippen LogP contribution in [0.2, 0.25) is 0 Å². The lowest BCUT2D eigenvalue weighted by Gasteiger charge is -2.07. The summed E-state index contributed by atoms with van der Waals surface area (Å²) in [6.45, 7) is 0.629. The number of nitrogens with one attached hydrogen (secondary N) is 1. The summed E-state index contributed by atoms with van der Waals surface area (Å²) in [5.41, 5.74) is 3.57. The molecule has 146 valence electrons. The number of nitrogens with zero attached hydrogens (tertiary/aromatic N) is 4. The van der Waals surface area contributed by atoms with E-state index in [-0.39, 0.29) is 12.6 Å². The number of rotatable bonds is 7. The maximum absolute atomic E-state index is 12.2. The van der Waals surface area contributed by atoms with Crippen molar-refractivity contribution in [3.05, 3.63) is 90.5 Å². The Kier molecular flexibility index (Phi) is 5.38. The molecule has 0 saturated carbocycles. The molecule has 4 rings (SSSR count). The molecule has 0 atom stereocenters. The monoisotopic (exact) mass is 387 g/mol. The number of benzene rings is 2. The number of amides is 1. The minimum absolute atomic E-state index is 0.223. The van der Waals surface area contributed by atoms with Gasteiger partial charge in [0, 0.05) is 31.5 Å². The SMILES string of the molecule is Cn1cc(CNC(=O)c2ccn(COc3ccc(-c4ccccc4)cc3)n2)cn1. The molecule has 0 aliphatic rings. The molecule has 7 heteroatoms. The summed E-state index contributed by atoms with van der Waals surface area (Å²) in [5.74, 6) is 0.502. The van der Waals surface area contributed by atoms with E-state index < -0.39 is 0 Å². The first-order valence-corrected chi connectivity index (χ1v) is 9.25. The normalized spacial score (nSPS) is 10.7. The van der Waals surface area contributed by atoms with Crippen LogP contribution in [0, 0.1) is 0 Å². The molecule has 2 heterocycles. The van der Waals surface area contributed by atoms with Gasteiger partial charge in [-0.15, -0.1) is 0 Å². The van der Waals surface area contributed by atoms with Crippen LogP contribution in [0.1, 0.15) is 16.1 Å². The fourth-order valence-electron chi connectivity index (χ4n) is 2.91. The fraction of sp³-hybridized carbons (Fsp3) is 0.136. The predicted molar refractivity (Wildman–Crippen MR) is 109 cm³/mol. The van der Waals surface area contributed by atoms with E-state index in [4.69, 9.17) is 4.74 Å². The smallest absolute Gasteiger partial charge is 0.272 e. The van der Waals surface area contributed by atoms with Crippen molar-refractivity contribution in [2.75, 3.05) is 0 Å². The highest BCUT2D eigenvalue weighted by Crippen LogP contribution is 2.22. The van der Waals surface area contributed by atoms with Gasteiger partial charge in [0.25, 0.3) is 5.91 Å². The Labute approximate surface area is 168 Å². The zero-order chi connectivity index (χ0) is 20.1. The molecule has 0 radical (unpaired) electrons. The molecule has 0 spiro atoms. The van der Waals surface area contributed by atoms with E-state index >= 15 is 0 Å². The molecule has 0 saturated heterocycles. The van der Waals surface area contributed by atoms with Crippen LogP contribution in [0.4, 0.5) is 0 Å². The summed E-state index contributed by atoms with van der Waals surface area (Å²) in [6, 6.07) is 19.7. The molecule has 0 aliphatic heterocycles. The van der Waals surface area contributed by atoms with Gasteiger partial charge in [-0.2, -0.15) is 10.2 Å². The maximum atomic E-state index is 12.2. The number of carbonyl (C=O) groups is 1. The molecular formula is C22H21N5O2. The highest BCUT2D eigenvalue weighted by atomic mass is 16.5. The van der Waals surface area contributed by atoms with Gasteiger partial charge in [-0.1, -0.05) is 42.5 Å². The van der Waals surface area contributed by atoms with Gasteiger partial charge in [0.05, 0.1) is 6.20 Å². The molecule has 4 aromatic rings. The van der Waals surface area contributed by atoms with Crippen molar-refractivity contribution < 1.29 is 9.53 Å². The van der Waals surface area contributed by atoms with Crippen molar-refractivity contribution in [1.29, 1.82) is 0 Å². The molecule has 0 unspecified atom stereocenters. The number of carbonyl (C=O) groups excluding carboxylic acids is 1. The quantitative estimate of drug-likeness (QED) is 0.528. The molecule has 2 aromatic carbocycles. The molecule has 1 N–H and O–H groups in total. The summed E-state index contributed by atoms with van der Waals surface area (Å²) in [5, 5.41) is 11.2. The number of hydrogen-bond acceptors (Lipinski definition) is 4. The minimum atomic E-state index is -0.236. The number of hydrogen-bond donors (Lipinski definition) is 1. The molecule has 1 amide bonds. The standard InChI is InChI=1S/C22H21N5O2/c1-26-15-17(14-24-26)13-23-22(28)21-11-12-27(25-21)16-29-20-9-7-19(8-10-20)18-5-3-2-4-6-18/h2-12,14-15H,13,16H2,1H3,(H,23,28). The Morgan fingerprint density at radius 2 is 1.79 bits per heavy atom. The first kappa shape index (κ1) is 18.5.